The Bertz CT molecular complexity index is 1150. The molecule has 1 atom stereocenters. The lowest BCUT2D eigenvalue weighted by molar-refractivity contribution is -0.138. The molecule has 7 nitrogen and oxygen atoms in total. The van der Waals surface area contributed by atoms with Crippen molar-refractivity contribution in [2.24, 2.45) is 0 Å². The molecule has 1 amide bonds. The highest BCUT2D eigenvalue weighted by molar-refractivity contribution is 8.00. The van der Waals surface area contributed by atoms with Crippen LogP contribution in [0.25, 0.3) is 10.9 Å². The van der Waals surface area contributed by atoms with Crippen LogP contribution in [0.4, 0.5) is 0 Å². The first-order valence-corrected chi connectivity index (χ1v) is 11.7. The van der Waals surface area contributed by atoms with E-state index in [1.54, 1.807) is 19.2 Å². The lowest BCUT2D eigenvalue weighted by Gasteiger charge is -2.20. The number of fused-ring (bicyclic) bond motifs is 1. The average molecular weight is 458 g/mol. The lowest BCUT2D eigenvalue weighted by Crippen LogP contribution is -2.42. The number of rotatable bonds is 8. The largest absolute Gasteiger partial charge is 0.497 e. The zero-order chi connectivity index (χ0) is 22.2. The smallest absolute Gasteiger partial charge is 0.257 e. The molecule has 1 aromatic carbocycles. The summed E-state index contributed by atoms with van der Waals surface area (Å²) in [7, 11) is 1.60. The van der Waals surface area contributed by atoms with E-state index in [0.717, 1.165) is 35.1 Å². The quantitative estimate of drug-likeness (QED) is 0.303. The zero-order valence-electron chi connectivity index (χ0n) is 17.5. The van der Waals surface area contributed by atoms with Crippen molar-refractivity contribution in [3.63, 3.8) is 0 Å². The van der Waals surface area contributed by atoms with Crippen LogP contribution < -0.4 is 10.1 Å². The molecule has 0 spiro atoms. The van der Waals surface area contributed by atoms with Crippen LogP contribution in [0, 0.1) is 6.92 Å². The molecular formula is C22H23N3O4S2. The van der Waals surface area contributed by atoms with Crippen LogP contribution in [-0.4, -0.2) is 45.7 Å². The van der Waals surface area contributed by atoms with Crippen molar-refractivity contribution in [2.75, 3.05) is 12.9 Å². The maximum absolute atomic E-state index is 12.8. The van der Waals surface area contributed by atoms with Gasteiger partial charge in [0, 0.05) is 16.3 Å². The van der Waals surface area contributed by atoms with Crippen molar-refractivity contribution < 1.29 is 19.4 Å². The molecule has 0 aliphatic heterocycles. The summed E-state index contributed by atoms with van der Waals surface area (Å²) in [6.07, 6.45) is 1.88. The molecule has 0 saturated heterocycles. The van der Waals surface area contributed by atoms with Crippen LogP contribution in [0.3, 0.4) is 0 Å². The second-order valence-corrected chi connectivity index (χ2v) is 9.70. The molecule has 162 valence electrons. The summed E-state index contributed by atoms with van der Waals surface area (Å²) >= 11 is 2.48. The van der Waals surface area contributed by atoms with Crippen molar-refractivity contribution in [2.45, 2.75) is 43.4 Å². The van der Waals surface area contributed by atoms with Crippen LogP contribution in [-0.2, 0) is 10.4 Å². The number of hydrogen-bond donors (Lipinski definition) is 2. The normalized spacial score (nSPS) is 15.5. The van der Waals surface area contributed by atoms with Gasteiger partial charge in [-0.3, -0.25) is 9.59 Å². The molecule has 0 unspecified atom stereocenters. The van der Waals surface area contributed by atoms with E-state index < -0.39 is 11.5 Å². The van der Waals surface area contributed by atoms with E-state index in [9.17, 15) is 14.7 Å². The molecule has 9 heteroatoms. The summed E-state index contributed by atoms with van der Waals surface area (Å²) in [5, 5.41) is 15.0. The minimum atomic E-state index is -1.66. The van der Waals surface area contributed by atoms with Crippen LogP contribution in [0.5, 0.6) is 5.75 Å². The van der Waals surface area contributed by atoms with Crippen molar-refractivity contribution >= 4 is 45.7 Å². The molecule has 1 aliphatic carbocycles. The van der Waals surface area contributed by atoms with E-state index in [0.29, 0.717) is 26.4 Å². The number of nitrogens with one attached hydrogen (secondary N) is 1. The molecule has 0 radical (unpaired) electrons. The van der Waals surface area contributed by atoms with Gasteiger partial charge in [-0.2, -0.15) is 0 Å². The summed E-state index contributed by atoms with van der Waals surface area (Å²) in [5.74, 6) is 0.986. The summed E-state index contributed by atoms with van der Waals surface area (Å²) in [6.45, 7) is 3.28. The van der Waals surface area contributed by atoms with Crippen LogP contribution >= 0.6 is 23.1 Å². The number of ketones is 1. The van der Waals surface area contributed by atoms with Crippen LogP contribution in [0.1, 0.15) is 40.1 Å². The van der Waals surface area contributed by atoms with Gasteiger partial charge in [0.1, 0.15) is 16.6 Å². The monoisotopic (exact) mass is 457 g/mol. The van der Waals surface area contributed by atoms with Crippen molar-refractivity contribution in [3.8, 4) is 5.75 Å². The Kier molecular flexibility index (Phi) is 6.00. The number of amides is 1. The van der Waals surface area contributed by atoms with E-state index >= 15 is 0 Å². The van der Waals surface area contributed by atoms with E-state index in [2.05, 4.69) is 15.3 Å². The highest BCUT2D eigenvalue weighted by Crippen LogP contribution is 2.32. The minimum absolute atomic E-state index is 0.0908. The Morgan fingerprint density at radius 2 is 2.06 bits per heavy atom. The lowest BCUT2D eigenvalue weighted by atomic mass is 10.0. The molecule has 4 rings (SSSR count). The van der Waals surface area contributed by atoms with Gasteiger partial charge in [-0.05, 0) is 57.0 Å². The van der Waals surface area contributed by atoms with Crippen LogP contribution in [0.2, 0.25) is 0 Å². The predicted molar refractivity (Wildman–Crippen MR) is 121 cm³/mol. The number of aliphatic hydroxyl groups is 1. The first kappa shape index (κ1) is 21.7. The number of aryl methyl sites for hydroxylation is 1. The minimum Gasteiger partial charge on any atom is -0.497 e. The van der Waals surface area contributed by atoms with Gasteiger partial charge in [-0.25, -0.2) is 9.97 Å². The highest BCUT2D eigenvalue weighted by atomic mass is 32.2. The number of ether oxygens (including phenoxy) is 1. The third-order valence-electron chi connectivity index (χ3n) is 5.04. The fraction of sp³-hybridized carbons (Fsp3) is 0.364. The topological polar surface area (TPSA) is 101 Å². The number of nitrogens with zero attached hydrogens (tertiary/aromatic N) is 2. The van der Waals surface area contributed by atoms with Crippen molar-refractivity contribution in [3.05, 3.63) is 45.9 Å². The fourth-order valence-electron chi connectivity index (χ4n) is 3.05. The third kappa shape index (κ3) is 4.73. The molecule has 2 heterocycles. The summed E-state index contributed by atoms with van der Waals surface area (Å²) < 4.78 is 5.30. The number of hydrogen-bond acceptors (Lipinski definition) is 8. The van der Waals surface area contributed by atoms with Crippen molar-refractivity contribution in [1.29, 1.82) is 0 Å². The molecular weight excluding hydrogens is 434 g/mol. The molecule has 2 N–H and O–H groups in total. The second kappa shape index (κ2) is 8.57. The Hall–Kier alpha value is -2.49. The number of carbonyl (C=O) groups is 2. The molecule has 1 saturated carbocycles. The average Bonchev–Trinajstić information content (AvgIpc) is 3.41. The van der Waals surface area contributed by atoms with Gasteiger partial charge in [0.15, 0.2) is 11.4 Å². The molecule has 2 aromatic heterocycles. The van der Waals surface area contributed by atoms with E-state index in [-0.39, 0.29) is 17.6 Å². The van der Waals surface area contributed by atoms with Gasteiger partial charge in [0.25, 0.3) is 5.91 Å². The summed E-state index contributed by atoms with van der Waals surface area (Å²) in [6, 6.07) is 9.03. The van der Waals surface area contributed by atoms with Gasteiger partial charge >= 0.3 is 0 Å². The Morgan fingerprint density at radius 3 is 2.77 bits per heavy atom. The molecule has 1 fully saturated rings. The van der Waals surface area contributed by atoms with Gasteiger partial charge in [0.05, 0.1) is 23.3 Å². The Morgan fingerprint density at radius 1 is 1.29 bits per heavy atom. The number of benzene rings is 1. The maximum Gasteiger partial charge on any atom is 0.257 e. The predicted octanol–water partition coefficient (Wildman–Crippen LogP) is 3.47. The van der Waals surface area contributed by atoms with E-state index in [1.165, 1.54) is 18.7 Å². The molecule has 31 heavy (non-hydrogen) atoms. The number of carbonyl (C=O) groups excluding carboxylic acids is 2. The SMILES string of the molecule is COc1ccc2nc(C)nc(SCC(=O)c3ccc([C@@](C)(O)C(=O)NC4CC4)s3)c2c1. The maximum atomic E-state index is 12.8. The third-order valence-corrected chi connectivity index (χ3v) is 7.36. The summed E-state index contributed by atoms with van der Waals surface area (Å²) in [4.78, 5) is 35.0. The van der Waals surface area contributed by atoms with Gasteiger partial charge in [0.2, 0.25) is 0 Å². The van der Waals surface area contributed by atoms with E-state index in [1.807, 2.05) is 25.1 Å². The summed E-state index contributed by atoms with van der Waals surface area (Å²) in [5.41, 5.74) is -0.866. The first-order chi connectivity index (χ1) is 14.8. The number of methoxy groups -OCH3 is 1. The standard InChI is InChI=1S/C22H23N3O4S2/c1-12-23-16-7-6-14(29-3)10-15(16)20(24-12)30-11-17(26)18-8-9-19(31-18)22(2,28)21(27)25-13-4-5-13/h6-10,13,28H,4-5,11H2,1-3H3,(H,25,27)/t22-/m1/s1. The molecule has 1 aliphatic rings. The highest BCUT2D eigenvalue weighted by Gasteiger charge is 2.37. The fourth-order valence-corrected chi connectivity index (χ4v) is 5.06. The second-order valence-electron chi connectivity index (χ2n) is 7.65. The Balaban J connectivity index is 1.49. The number of thiophene rings is 1. The molecule has 0 bridgehead atoms. The van der Waals surface area contributed by atoms with Crippen LogP contribution in [0.15, 0.2) is 35.4 Å². The number of aromatic nitrogens is 2. The Labute approximate surface area is 188 Å². The van der Waals surface area contributed by atoms with Gasteiger partial charge in [-0.1, -0.05) is 11.8 Å². The first-order valence-electron chi connectivity index (χ1n) is 9.90. The van der Waals surface area contributed by atoms with Gasteiger partial charge in [-0.15, -0.1) is 11.3 Å². The van der Waals surface area contributed by atoms with E-state index in [4.69, 9.17) is 4.74 Å². The number of thioether (sulfide) groups is 1. The molecule has 3 aromatic rings. The zero-order valence-corrected chi connectivity index (χ0v) is 19.1. The van der Waals surface area contributed by atoms with Gasteiger partial charge < -0.3 is 15.2 Å². The van der Waals surface area contributed by atoms with Crippen molar-refractivity contribution in [1.82, 2.24) is 15.3 Å². The number of Topliss-reactive ketones (excluding diaryl/α,β-unsaturated/α-hetero) is 1.